The molecule has 1 aromatic carbocycles. The fourth-order valence-corrected chi connectivity index (χ4v) is 1.72. The SMILES string of the molecule is C[NH+](C)CC[NH+](C)Cc1ccc([O-])c([N+](=O)[O-])c1. The number of nitrogens with one attached hydrogen (secondary N) is 2. The third-order valence-electron chi connectivity index (χ3n) is 2.78. The summed E-state index contributed by atoms with van der Waals surface area (Å²) in [5.74, 6) is -0.529. The minimum Gasteiger partial charge on any atom is -0.868 e. The zero-order chi connectivity index (χ0) is 13.7. The summed E-state index contributed by atoms with van der Waals surface area (Å²) in [4.78, 5) is 12.7. The fraction of sp³-hybridized carbons (Fsp3) is 0.500. The van der Waals surface area contributed by atoms with E-state index in [2.05, 4.69) is 14.1 Å². The van der Waals surface area contributed by atoms with Crippen molar-refractivity contribution in [3.05, 3.63) is 33.9 Å². The number of quaternary nitrogens is 2. The quantitative estimate of drug-likeness (QED) is 0.448. The highest BCUT2D eigenvalue weighted by Crippen LogP contribution is 2.23. The molecular weight excluding hydrogens is 234 g/mol. The van der Waals surface area contributed by atoms with Crippen LogP contribution in [-0.4, -0.2) is 39.2 Å². The van der Waals surface area contributed by atoms with Gasteiger partial charge in [-0.2, -0.15) is 0 Å². The molecule has 1 aromatic rings. The first-order valence-electron chi connectivity index (χ1n) is 5.95. The van der Waals surface area contributed by atoms with E-state index in [4.69, 9.17) is 0 Å². The number of hydrogen-bond acceptors (Lipinski definition) is 3. The lowest BCUT2D eigenvalue weighted by Gasteiger charge is -2.16. The maximum atomic E-state index is 11.3. The fourth-order valence-electron chi connectivity index (χ4n) is 1.72. The van der Waals surface area contributed by atoms with Crippen molar-refractivity contribution in [1.82, 2.24) is 0 Å². The summed E-state index contributed by atoms with van der Waals surface area (Å²) in [6.07, 6.45) is 0. The standard InChI is InChI=1S/C12H19N3O3/c1-13(2)6-7-14(3)9-10-4-5-12(16)11(8-10)15(17)18/h4-5,8,16H,6-7,9H2,1-3H3/p+1. The number of nitrogens with zero attached hydrogens (tertiary/aromatic N) is 1. The monoisotopic (exact) mass is 254 g/mol. The summed E-state index contributed by atoms with van der Waals surface area (Å²) in [5.41, 5.74) is 0.492. The first kappa shape index (κ1) is 14.4. The molecule has 0 saturated carbocycles. The maximum Gasteiger partial charge on any atom is 0.262 e. The van der Waals surface area contributed by atoms with Gasteiger partial charge >= 0.3 is 0 Å². The van der Waals surface area contributed by atoms with Crippen molar-refractivity contribution in [3.8, 4) is 5.75 Å². The highest BCUT2D eigenvalue weighted by Gasteiger charge is 2.11. The minimum absolute atomic E-state index is 0.335. The van der Waals surface area contributed by atoms with Crippen molar-refractivity contribution in [2.75, 3.05) is 34.2 Å². The van der Waals surface area contributed by atoms with Crippen molar-refractivity contribution < 1.29 is 19.8 Å². The second-order valence-corrected chi connectivity index (χ2v) is 4.90. The Morgan fingerprint density at radius 3 is 2.44 bits per heavy atom. The van der Waals surface area contributed by atoms with Crippen LogP contribution in [0.25, 0.3) is 0 Å². The average Bonchev–Trinajstić information content (AvgIpc) is 2.28. The molecule has 0 aliphatic rings. The number of benzene rings is 1. The van der Waals surface area contributed by atoms with Gasteiger partial charge < -0.3 is 14.9 Å². The van der Waals surface area contributed by atoms with Crippen LogP contribution in [0.5, 0.6) is 5.75 Å². The predicted molar refractivity (Wildman–Crippen MR) is 65.7 cm³/mol. The Hall–Kier alpha value is -1.66. The van der Waals surface area contributed by atoms with Gasteiger partial charge in [0.05, 0.1) is 26.1 Å². The largest absolute Gasteiger partial charge is 0.868 e. The molecule has 18 heavy (non-hydrogen) atoms. The van der Waals surface area contributed by atoms with E-state index in [1.807, 2.05) is 7.05 Å². The molecule has 0 aliphatic carbocycles. The van der Waals surface area contributed by atoms with Crippen LogP contribution in [0.4, 0.5) is 5.69 Å². The maximum absolute atomic E-state index is 11.3. The van der Waals surface area contributed by atoms with Gasteiger partial charge in [0.25, 0.3) is 5.69 Å². The summed E-state index contributed by atoms with van der Waals surface area (Å²) in [5, 5.41) is 21.9. The molecule has 1 atom stereocenters. The van der Waals surface area contributed by atoms with Crippen LogP contribution >= 0.6 is 0 Å². The summed E-state index contributed by atoms with van der Waals surface area (Å²) < 4.78 is 0. The van der Waals surface area contributed by atoms with Crippen molar-refractivity contribution >= 4 is 5.69 Å². The Morgan fingerprint density at radius 2 is 1.89 bits per heavy atom. The van der Waals surface area contributed by atoms with Crippen molar-refractivity contribution in [2.45, 2.75) is 6.54 Å². The molecule has 0 bridgehead atoms. The molecule has 100 valence electrons. The van der Waals surface area contributed by atoms with Crippen LogP contribution in [0.2, 0.25) is 0 Å². The highest BCUT2D eigenvalue weighted by molar-refractivity contribution is 5.46. The van der Waals surface area contributed by atoms with Gasteiger partial charge in [0, 0.05) is 11.6 Å². The molecule has 0 fully saturated rings. The van der Waals surface area contributed by atoms with Crippen molar-refractivity contribution in [3.63, 3.8) is 0 Å². The molecule has 0 heterocycles. The second kappa shape index (κ2) is 6.32. The molecule has 6 heteroatoms. The summed E-state index contributed by atoms with van der Waals surface area (Å²) in [6, 6.07) is 4.33. The van der Waals surface area contributed by atoms with Gasteiger partial charge in [-0.25, -0.2) is 0 Å². The summed E-state index contributed by atoms with van der Waals surface area (Å²) in [7, 11) is 6.22. The smallest absolute Gasteiger partial charge is 0.262 e. The zero-order valence-electron chi connectivity index (χ0n) is 11.0. The van der Waals surface area contributed by atoms with E-state index in [9.17, 15) is 15.2 Å². The van der Waals surface area contributed by atoms with Gasteiger partial charge in [-0.1, -0.05) is 12.1 Å². The summed E-state index contributed by atoms with van der Waals surface area (Å²) >= 11 is 0. The lowest BCUT2D eigenvalue weighted by molar-refractivity contribution is -0.937. The Morgan fingerprint density at radius 1 is 1.22 bits per heavy atom. The first-order chi connectivity index (χ1) is 8.40. The Bertz CT molecular complexity index is 421. The van der Waals surface area contributed by atoms with Crippen LogP contribution in [0.15, 0.2) is 18.2 Å². The van der Waals surface area contributed by atoms with Crippen molar-refractivity contribution in [1.29, 1.82) is 0 Å². The summed E-state index contributed by atoms with van der Waals surface area (Å²) in [6.45, 7) is 2.71. The minimum atomic E-state index is -0.620. The molecule has 0 saturated heterocycles. The highest BCUT2D eigenvalue weighted by atomic mass is 16.6. The third-order valence-corrected chi connectivity index (χ3v) is 2.78. The number of hydrogen-bond donors (Lipinski definition) is 2. The van der Waals surface area contributed by atoms with Crippen LogP contribution in [-0.2, 0) is 6.54 Å². The molecule has 0 aromatic heterocycles. The Balaban J connectivity index is 2.67. The lowest BCUT2D eigenvalue weighted by atomic mass is 10.2. The number of likely N-dealkylation sites (N-methyl/N-ethyl adjacent to an activating group) is 2. The lowest BCUT2D eigenvalue weighted by Crippen LogP contribution is -3.15. The zero-order valence-corrected chi connectivity index (χ0v) is 11.0. The van der Waals surface area contributed by atoms with Crippen LogP contribution in [0.3, 0.4) is 0 Å². The van der Waals surface area contributed by atoms with E-state index >= 15 is 0 Å². The van der Waals surface area contributed by atoms with Gasteiger partial charge in [-0.15, -0.1) is 0 Å². The van der Waals surface area contributed by atoms with Gasteiger partial charge in [0.1, 0.15) is 19.6 Å². The Labute approximate surface area is 107 Å². The molecular formula is C12H20N3O3+. The van der Waals surface area contributed by atoms with Crippen LogP contribution in [0.1, 0.15) is 5.56 Å². The molecule has 0 radical (unpaired) electrons. The predicted octanol–water partition coefficient (Wildman–Crippen LogP) is -2.17. The molecule has 0 aliphatic heterocycles. The van der Waals surface area contributed by atoms with Gasteiger partial charge in [-0.3, -0.25) is 10.1 Å². The van der Waals surface area contributed by atoms with E-state index in [0.29, 0.717) is 6.54 Å². The number of nitro benzene ring substituents is 1. The normalized spacial score (nSPS) is 12.7. The van der Waals surface area contributed by atoms with E-state index in [0.717, 1.165) is 18.7 Å². The number of rotatable bonds is 6. The van der Waals surface area contributed by atoms with Gasteiger partial charge in [-0.05, 0) is 5.75 Å². The van der Waals surface area contributed by atoms with E-state index in [1.165, 1.54) is 21.9 Å². The average molecular weight is 254 g/mol. The van der Waals surface area contributed by atoms with Crippen LogP contribution in [0, 0.1) is 10.1 Å². The van der Waals surface area contributed by atoms with Crippen molar-refractivity contribution in [2.24, 2.45) is 0 Å². The second-order valence-electron chi connectivity index (χ2n) is 4.90. The third kappa shape index (κ3) is 4.31. The Kier molecular flexibility index (Phi) is 5.06. The molecule has 1 rings (SSSR count). The number of nitro groups is 1. The molecule has 0 amide bonds. The van der Waals surface area contributed by atoms with E-state index in [1.54, 1.807) is 6.07 Å². The van der Waals surface area contributed by atoms with Gasteiger partial charge in [0.2, 0.25) is 0 Å². The van der Waals surface area contributed by atoms with E-state index in [-0.39, 0.29) is 5.69 Å². The molecule has 1 unspecified atom stereocenters. The molecule has 2 N–H and O–H groups in total. The van der Waals surface area contributed by atoms with E-state index < -0.39 is 10.7 Å². The first-order valence-corrected chi connectivity index (χ1v) is 5.95. The molecule has 6 nitrogen and oxygen atoms in total. The van der Waals surface area contributed by atoms with Gasteiger partial charge in [0.15, 0.2) is 0 Å². The molecule has 0 spiro atoms. The van der Waals surface area contributed by atoms with Crippen LogP contribution < -0.4 is 14.9 Å². The topological polar surface area (TPSA) is 75.1 Å².